The van der Waals surface area contributed by atoms with E-state index >= 15 is 0 Å². The highest BCUT2D eigenvalue weighted by Gasteiger charge is 2.34. The second-order valence-corrected chi connectivity index (χ2v) is 8.66. The molecule has 3 nitrogen and oxygen atoms in total. The number of hydrogen-bond donors (Lipinski definition) is 1. The number of rotatable bonds is 3. The molecule has 2 heterocycles. The van der Waals surface area contributed by atoms with Crippen LogP contribution in [-0.4, -0.2) is 17.1 Å². The second-order valence-electron chi connectivity index (χ2n) is 6.67. The molecule has 0 fully saturated rings. The first-order valence-corrected chi connectivity index (χ1v) is 9.01. The van der Waals surface area contributed by atoms with Gasteiger partial charge in [0.1, 0.15) is 0 Å². The van der Waals surface area contributed by atoms with Crippen LogP contribution in [0.1, 0.15) is 54.8 Å². The van der Waals surface area contributed by atoms with Crippen molar-refractivity contribution in [1.29, 1.82) is 0 Å². The zero-order valence-corrected chi connectivity index (χ0v) is 14.6. The van der Waals surface area contributed by atoms with Crippen LogP contribution in [0, 0.1) is 5.41 Å². The smallest absolute Gasteiger partial charge is 0.186 e. The molecule has 1 N–H and O–H groups in total. The molecule has 0 aromatic carbocycles. The van der Waals surface area contributed by atoms with E-state index in [-0.39, 0.29) is 11.5 Å². The predicted molar refractivity (Wildman–Crippen MR) is 90.3 cm³/mol. The van der Waals surface area contributed by atoms with Gasteiger partial charge in [-0.25, -0.2) is 4.98 Å². The van der Waals surface area contributed by atoms with Crippen molar-refractivity contribution in [3.63, 3.8) is 0 Å². The summed E-state index contributed by atoms with van der Waals surface area (Å²) in [5.74, 6) is 0. The van der Waals surface area contributed by atoms with E-state index < -0.39 is 0 Å². The second kappa shape index (κ2) is 5.38. The Bertz CT molecular complexity index is 618. The maximum atomic E-state index is 10.4. The van der Waals surface area contributed by atoms with Gasteiger partial charge in [-0.05, 0) is 36.6 Å². The summed E-state index contributed by atoms with van der Waals surface area (Å²) in [5.41, 5.74) is 1.22. The Morgan fingerprint density at radius 2 is 2.24 bits per heavy atom. The van der Waals surface area contributed by atoms with Crippen LogP contribution in [0.15, 0.2) is 17.5 Å². The quantitative estimate of drug-likeness (QED) is 0.909. The molecule has 114 valence electrons. The van der Waals surface area contributed by atoms with Crippen LogP contribution >= 0.6 is 22.7 Å². The Kier molecular flexibility index (Phi) is 3.84. The summed E-state index contributed by atoms with van der Waals surface area (Å²) in [4.78, 5) is 9.44. The first-order chi connectivity index (χ1) is 9.87. The van der Waals surface area contributed by atoms with Crippen molar-refractivity contribution in [3.8, 4) is 0 Å². The molecule has 0 saturated carbocycles. The molecule has 0 radical (unpaired) electrons. The van der Waals surface area contributed by atoms with E-state index in [1.54, 1.807) is 22.7 Å². The third-order valence-corrected chi connectivity index (χ3v) is 6.58. The summed E-state index contributed by atoms with van der Waals surface area (Å²) in [6.45, 7) is 6.61. The van der Waals surface area contributed by atoms with E-state index in [1.807, 2.05) is 0 Å². The van der Waals surface area contributed by atoms with Gasteiger partial charge in [0.2, 0.25) is 0 Å². The van der Waals surface area contributed by atoms with Gasteiger partial charge in [-0.3, -0.25) is 0 Å². The highest BCUT2D eigenvalue weighted by atomic mass is 32.1. The minimum Gasteiger partial charge on any atom is -0.387 e. The summed E-state index contributed by atoms with van der Waals surface area (Å²) >= 11 is 3.42. The number of aromatic nitrogens is 1. The third-order valence-electron chi connectivity index (χ3n) is 4.25. The van der Waals surface area contributed by atoms with Gasteiger partial charge in [-0.1, -0.05) is 31.3 Å². The molecule has 21 heavy (non-hydrogen) atoms. The number of fused-ring (bicyclic) bond motifs is 1. The number of thiophene rings is 1. The highest BCUT2D eigenvalue weighted by Crippen LogP contribution is 2.45. The first kappa shape index (κ1) is 15.0. The zero-order valence-electron chi connectivity index (χ0n) is 13.0. The van der Waals surface area contributed by atoms with E-state index in [9.17, 15) is 5.11 Å². The molecule has 2 unspecified atom stereocenters. The lowest BCUT2D eigenvalue weighted by atomic mass is 9.77. The number of aliphatic hydroxyl groups is 1. The fraction of sp³-hybridized carbons (Fsp3) is 0.562. The lowest BCUT2D eigenvalue weighted by Crippen LogP contribution is -2.24. The van der Waals surface area contributed by atoms with E-state index in [0.29, 0.717) is 6.04 Å². The van der Waals surface area contributed by atoms with E-state index in [4.69, 9.17) is 4.98 Å². The molecule has 2 aromatic rings. The van der Waals surface area contributed by atoms with Gasteiger partial charge in [0, 0.05) is 11.9 Å². The molecular weight excluding hydrogens is 300 g/mol. The maximum absolute atomic E-state index is 10.4. The summed E-state index contributed by atoms with van der Waals surface area (Å²) in [6, 6.07) is 4.56. The standard InChI is InChI=1S/C16H22N2OS2/c1-10(13-6-5-7-20-13)18(4)15-17-11-8-16(2,3)9-12(19)14(11)21-15/h5-7,10,12,19H,8-9H2,1-4H3. The Balaban J connectivity index is 1.88. The van der Waals surface area contributed by atoms with Crippen molar-refractivity contribution in [3.05, 3.63) is 33.0 Å². The van der Waals surface area contributed by atoms with Crippen molar-refractivity contribution < 1.29 is 5.11 Å². The largest absolute Gasteiger partial charge is 0.387 e. The summed E-state index contributed by atoms with van der Waals surface area (Å²) in [5, 5.41) is 13.5. The van der Waals surface area contributed by atoms with Gasteiger partial charge in [0.25, 0.3) is 0 Å². The minimum absolute atomic E-state index is 0.135. The van der Waals surface area contributed by atoms with Crippen molar-refractivity contribution in [2.45, 2.75) is 45.8 Å². The average molecular weight is 322 g/mol. The maximum Gasteiger partial charge on any atom is 0.186 e. The summed E-state index contributed by atoms with van der Waals surface area (Å²) in [6.07, 6.45) is 1.42. The third kappa shape index (κ3) is 2.87. The van der Waals surface area contributed by atoms with Crippen LogP contribution in [0.5, 0.6) is 0 Å². The van der Waals surface area contributed by atoms with Gasteiger partial charge < -0.3 is 10.0 Å². The Hall–Kier alpha value is -0.910. The van der Waals surface area contributed by atoms with Gasteiger partial charge >= 0.3 is 0 Å². The molecule has 1 aliphatic rings. The summed E-state index contributed by atoms with van der Waals surface area (Å²) < 4.78 is 0. The van der Waals surface area contributed by atoms with Crippen molar-refractivity contribution in [2.75, 3.05) is 11.9 Å². The Morgan fingerprint density at radius 1 is 1.48 bits per heavy atom. The average Bonchev–Trinajstić information content (AvgIpc) is 3.04. The predicted octanol–water partition coefficient (Wildman–Crippen LogP) is 4.41. The Morgan fingerprint density at radius 3 is 2.90 bits per heavy atom. The van der Waals surface area contributed by atoms with Gasteiger partial charge in [0.05, 0.1) is 22.7 Å². The van der Waals surface area contributed by atoms with Crippen LogP contribution in [0.2, 0.25) is 0 Å². The normalized spacial score (nSPS) is 21.9. The highest BCUT2D eigenvalue weighted by molar-refractivity contribution is 7.15. The molecule has 5 heteroatoms. The summed E-state index contributed by atoms with van der Waals surface area (Å²) in [7, 11) is 2.09. The van der Waals surface area contributed by atoms with Crippen LogP contribution in [0.25, 0.3) is 0 Å². The molecule has 0 spiro atoms. The fourth-order valence-corrected chi connectivity index (χ4v) is 4.85. The molecule has 2 atom stereocenters. The Labute approximate surface area is 134 Å². The zero-order chi connectivity index (χ0) is 15.2. The van der Waals surface area contributed by atoms with Crippen LogP contribution < -0.4 is 4.90 Å². The number of nitrogens with zero attached hydrogens (tertiary/aromatic N) is 2. The van der Waals surface area contributed by atoms with Crippen molar-refractivity contribution >= 4 is 27.8 Å². The number of aliphatic hydroxyl groups excluding tert-OH is 1. The van der Waals surface area contributed by atoms with Gasteiger partial charge in [-0.2, -0.15) is 0 Å². The van der Waals surface area contributed by atoms with E-state index in [1.165, 1.54) is 4.88 Å². The molecular formula is C16H22N2OS2. The monoisotopic (exact) mass is 322 g/mol. The van der Waals surface area contributed by atoms with Crippen LogP contribution in [0.3, 0.4) is 0 Å². The first-order valence-electron chi connectivity index (χ1n) is 7.31. The lowest BCUT2D eigenvalue weighted by Gasteiger charge is -2.31. The molecule has 3 rings (SSSR count). The van der Waals surface area contributed by atoms with Gasteiger partial charge in [0.15, 0.2) is 5.13 Å². The van der Waals surface area contributed by atoms with Crippen molar-refractivity contribution in [1.82, 2.24) is 4.98 Å². The number of hydrogen-bond acceptors (Lipinski definition) is 5. The molecule has 1 aliphatic carbocycles. The van der Waals surface area contributed by atoms with Crippen LogP contribution in [0.4, 0.5) is 5.13 Å². The number of anilines is 1. The van der Waals surface area contributed by atoms with Crippen LogP contribution in [-0.2, 0) is 6.42 Å². The molecule has 0 saturated heterocycles. The molecule has 0 bridgehead atoms. The lowest BCUT2D eigenvalue weighted by molar-refractivity contribution is 0.102. The van der Waals surface area contributed by atoms with E-state index in [0.717, 1.165) is 28.5 Å². The minimum atomic E-state index is -0.361. The molecule has 0 aliphatic heterocycles. The molecule has 2 aromatic heterocycles. The number of thiazole rings is 1. The topological polar surface area (TPSA) is 36.4 Å². The van der Waals surface area contributed by atoms with Crippen molar-refractivity contribution in [2.24, 2.45) is 5.41 Å². The fourth-order valence-electron chi connectivity index (χ4n) is 2.92. The molecule has 0 amide bonds. The van der Waals surface area contributed by atoms with Gasteiger partial charge in [-0.15, -0.1) is 11.3 Å². The SMILES string of the molecule is CC(c1cccs1)N(C)c1nc2c(s1)C(O)CC(C)(C)C2. The van der Waals surface area contributed by atoms with E-state index in [2.05, 4.69) is 50.2 Å².